The van der Waals surface area contributed by atoms with Crippen LogP contribution in [0.5, 0.6) is 0 Å². The van der Waals surface area contributed by atoms with Crippen molar-refractivity contribution in [3.8, 4) is 0 Å². The summed E-state index contributed by atoms with van der Waals surface area (Å²) in [5, 5.41) is 3.97. The molecule has 3 N–H and O–H groups in total. The average Bonchev–Trinajstić information content (AvgIpc) is 2.77. The van der Waals surface area contributed by atoms with Crippen molar-refractivity contribution in [1.82, 2.24) is 4.98 Å². The zero-order chi connectivity index (χ0) is 13.8. The van der Waals surface area contributed by atoms with Crippen molar-refractivity contribution in [1.29, 1.82) is 0 Å². The minimum absolute atomic E-state index is 0.195. The Kier molecular flexibility index (Phi) is 5.04. The van der Waals surface area contributed by atoms with Gasteiger partial charge in [0.05, 0.1) is 16.3 Å². The molecule has 102 valence electrons. The second-order valence-corrected chi connectivity index (χ2v) is 6.46. The second kappa shape index (κ2) is 6.56. The molecule has 0 aliphatic carbocycles. The highest BCUT2D eigenvalue weighted by Crippen LogP contribution is 2.28. The summed E-state index contributed by atoms with van der Waals surface area (Å²) < 4.78 is 0.945. The van der Waals surface area contributed by atoms with E-state index in [1.54, 1.807) is 17.8 Å². The van der Waals surface area contributed by atoms with E-state index in [1.165, 1.54) is 11.3 Å². The number of anilines is 1. The number of fused-ring (bicyclic) bond motifs is 1. The van der Waals surface area contributed by atoms with E-state index in [0.29, 0.717) is 16.6 Å². The number of nitrogens with zero attached hydrogens (tertiary/aromatic N) is 1. The Labute approximate surface area is 124 Å². The lowest BCUT2D eigenvalue weighted by Gasteiger charge is -2.09. The van der Waals surface area contributed by atoms with Gasteiger partial charge in [-0.1, -0.05) is 22.9 Å². The average molecular weight is 316 g/mol. The standard InChI is InChI=1S/C12H14ClN3OS2/c1-18-5-4-8(14)11(17)16-12-15-9-3-2-7(13)6-10(9)19-12/h2-3,6,8H,4-5,14H2,1H3,(H,15,16,17)/t8-/m1/s1. The summed E-state index contributed by atoms with van der Waals surface area (Å²) >= 11 is 8.97. The molecule has 1 heterocycles. The molecule has 0 aliphatic rings. The Morgan fingerprint density at radius 1 is 1.63 bits per heavy atom. The van der Waals surface area contributed by atoms with Gasteiger partial charge in [-0.3, -0.25) is 4.79 Å². The molecule has 7 heteroatoms. The van der Waals surface area contributed by atoms with E-state index in [4.69, 9.17) is 17.3 Å². The summed E-state index contributed by atoms with van der Waals surface area (Å²) in [6.45, 7) is 0. The molecule has 0 spiro atoms. The Balaban J connectivity index is 2.06. The van der Waals surface area contributed by atoms with Crippen LogP contribution < -0.4 is 11.1 Å². The molecule has 0 saturated heterocycles. The summed E-state index contributed by atoms with van der Waals surface area (Å²) in [6.07, 6.45) is 2.64. The van der Waals surface area contributed by atoms with Crippen LogP contribution in [0.25, 0.3) is 10.2 Å². The number of hydrogen-bond acceptors (Lipinski definition) is 5. The fourth-order valence-corrected chi connectivity index (χ4v) is 3.16. The largest absolute Gasteiger partial charge is 0.320 e. The van der Waals surface area contributed by atoms with Crippen LogP contribution >= 0.6 is 34.7 Å². The highest BCUT2D eigenvalue weighted by Gasteiger charge is 2.15. The number of amides is 1. The van der Waals surface area contributed by atoms with Crippen molar-refractivity contribution >= 4 is 56.0 Å². The molecule has 1 aromatic carbocycles. The molecule has 19 heavy (non-hydrogen) atoms. The van der Waals surface area contributed by atoms with E-state index in [9.17, 15) is 4.79 Å². The zero-order valence-electron chi connectivity index (χ0n) is 10.4. The highest BCUT2D eigenvalue weighted by molar-refractivity contribution is 7.98. The molecule has 0 bridgehead atoms. The van der Waals surface area contributed by atoms with E-state index in [0.717, 1.165) is 16.0 Å². The Morgan fingerprint density at radius 3 is 3.16 bits per heavy atom. The molecule has 0 fully saturated rings. The van der Waals surface area contributed by atoms with Gasteiger partial charge in [-0.2, -0.15) is 11.8 Å². The van der Waals surface area contributed by atoms with E-state index in [2.05, 4.69) is 10.3 Å². The van der Waals surface area contributed by atoms with Gasteiger partial charge in [0, 0.05) is 5.02 Å². The Morgan fingerprint density at radius 2 is 2.42 bits per heavy atom. The quantitative estimate of drug-likeness (QED) is 0.890. The normalized spacial score (nSPS) is 12.6. The van der Waals surface area contributed by atoms with Gasteiger partial charge in [0.1, 0.15) is 0 Å². The molecular formula is C12H14ClN3OS2. The van der Waals surface area contributed by atoms with Crippen LogP contribution in [-0.2, 0) is 4.79 Å². The van der Waals surface area contributed by atoms with E-state index < -0.39 is 6.04 Å². The van der Waals surface area contributed by atoms with Gasteiger partial charge in [0.2, 0.25) is 5.91 Å². The fraction of sp³-hybridized carbons (Fsp3) is 0.333. The lowest BCUT2D eigenvalue weighted by molar-refractivity contribution is -0.117. The van der Waals surface area contributed by atoms with Crippen molar-refractivity contribution in [2.45, 2.75) is 12.5 Å². The van der Waals surface area contributed by atoms with Crippen molar-refractivity contribution in [3.05, 3.63) is 23.2 Å². The van der Waals surface area contributed by atoms with Crippen LogP contribution in [0.3, 0.4) is 0 Å². The maximum Gasteiger partial charge on any atom is 0.243 e. The number of nitrogens with two attached hydrogens (primary N) is 1. The smallest absolute Gasteiger partial charge is 0.243 e. The molecule has 1 aromatic heterocycles. The Bertz CT molecular complexity index is 587. The molecule has 2 aromatic rings. The molecule has 0 unspecified atom stereocenters. The molecular weight excluding hydrogens is 302 g/mol. The van der Waals surface area contributed by atoms with Gasteiger partial charge in [0.25, 0.3) is 0 Å². The van der Waals surface area contributed by atoms with E-state index in [1.807, 2.05) is 18.4 Å². The lowest BCUT2D eigenvalue weighted by atomic mass is 10.2. The van der Waals surface area contributed by atoms with Crippen LogP contribution in [0.4, 0.5) is 5.13 Å². The maximum atomic E-state index is 11.9. The molecule has 4 nitrogen and oxygen atoms in total. The van der Waals surface area contributed by atoms with Gasteiger partial charge >= 0.3 is 0 Å². The Hall–Kier alpha value is -0.820. The predicted octanol–water partition coefficient (Wildman–Crippen LogP) is 2.97. The minimum Gasteiger partial charge on any atom is -0.320 e. The van der Waals surface area contributed by atoms with Gasteiger partial charge in [-0.25, -0.2) is 4.98 Å². The molecule has 0 radical (unpaired) electrons. The number of nitrogens with one attached hydrogen (secondary N) is 1. The third-order valence-corrected chi connectivity index (χ3v) is 4.36. The highest BCUT2D eigenvalue weighted by atomic mass is 35.5. The first-order valence-corrected chi connectivity index (χ1v) is 8.30. The number of rotatable bonds is 5. The zero-order valence-corrected chi connectivity index (χ0v) is 12.7. The van der Waals surface area contributed by atoms with Crippen LogP contribution in [0.15, 0.2) is 18.2 Å². The third kappa shape index (κ3) is 3.82. The van der Waals surface area contributed by atoms with Crippen LogP contribution in [0, 0.1) is 0 Å². The number of hydrogen-bond donors (Lipinski definition) is 2. The molecule has 1 atom stereocenters. The predicted molar refractivity (Wildman–Crippen MR) is 84.2 cm³/mol. The van der Waals surface area contributed by atoms with Gasteiger partial charge in [0.15, 0.2) is 5.13 Å². The van der Waals surface area contributed by atoms with Crippen molar-refractivity contribution in [2.75, 3.05) is 17.3 Å². The van der Waals surface area contributed by atoms with Crippen LogP contribution in [0.2, 0.25) is 5.02 Å². The number of halogens is 1. The number of thioether (sulfide) groups is 1. The number of thiazole rings is 1. The van der Waals surface area contributed by atoms with Crippen molar-refractivity contribution < 1.29 is 4.79 Å². The summed E-state index contributed by atoms with van der Waals surface area (Å²) in [5.74, 6) is 0.670. The number of benzene rings is 1. The van der Waals surface area contributed by atoms with Crippen LogP contribution in [0.1, 0.15) is 6.42 Å². The first-order chi connectivity index (χ1) is 9.10. The van der Waals surface area contributed by atoms with Crippen molar-refractivity contribution in [3.63, 3.8) is 0 Å². The van der Waals surface area contributed by atoms with Gasteiger partial charge < -0.3 is 11.1 Å². The summed E-state index contributed by atoms with van der Waals surface area (Å²) in [6, 6.07) is 4.94. The summed E-state index contributed by atoms with van der Waals surface area (Å²) in [7, 11) is 0. The van der Waals surface area contributed by atoms with Gasteiger partial charge in [-0.05, 0) is 36.6 Å². The second-order valence-electron chi connectivity index (χ2n) is 4.01. The number of carbonyl (C=O) groups excluding carboxylic acids is 1. The lowest BCUT2D eigenvalue weighted by Crippen LogP contribution is -2.36. The monoisotopic (exact) mass is 315 g/mol. The molecule has 0 saturated carbocycles. The summed E-state index contributed by atoms with van der Waals surface area (Å²) in [4.78, 5) is 16.2. The molecule has 2 rings (SSSR count). The number of aromatic nitrogens is 1. The molecule has 0 aliphatic heterocycles. The fourth-order valence-electron chi connectivity index (χ4n) is 1.53. The van der Waals surface area contributed by atoms with E-state index in [-0.39, 0.29) is 5.91 Å². The minimum atomic E-state index is -0.497. The first kappa shape index (κ1) is 14.6. The van der Waals surface area contributed by atoms with Crippen LogP contribution in [-0.4, -0.2) is 28.9 Å². The van der Waals surface area contributed by atoms with E-state index >= 15 is 0 Å². The SMILES string of the molecule is CSCC[C@@H](N)C(=O)Nc1nc2ccc(Cl)cc2s1. The maximum absolute atomic E-state index is 11.9. The molecule has 1 amide bonds. The number of carbonyl (C=O) groups is 1. The third-order valence-electron chi connectivity index (χ3n) is 2.55. The van der Waals surface area contributed by atoms with Gasteiger partial charge in [-0.15, -0.1) is 0 Å². The topological polar surface area (TPSA) is 68.0 Å². The van der Waals surface area contributed by atoms with Crippen molar-refractivity contribution in [2.24, 2.45) is 5.73 Å². The summed E-state index contributed by atoms with van der Waals surface area (Å²) in [5.41, 5.74) is 6.62. The first-order valence-electron chi connectivity index (χ1n) is 5.71.